The average molecular weight is 447 g/mol. The summed E-state index contributed by atoms with van der Waals surface area (Å²) in [5.41, 5.74) is 5.43. The molecule has 0 aliphatic carbocycles. The maximum absolute atomic E-state index is 12.3. The van der Waals surface area contributed by atoms with Crippen molar-refractivity contribution in [2.75, 3.05) is 26.2 Å². The molecule has 0 amide bonds. The zero-order chi connectivity index (χ0) is 23.3. The SMILES string of the molecule is C[NH2+]C1[C@H](C(O)C(O)CO)OC(O)(C(=O)OCOC(=O)c2cc(N)ccc2O)C[C@H]1O. The van der Waals surface area contributed by atoms with Crippen molar-refractivity contribution in [1.29, 1.82) is 0 Å². The summed E-state index contributed by atoms with van der Waals surface area (Å²) in [7, 11) is 1.54. The van der Waals surface area contributed by atoms with Crippen molar-refractivity contribution in [2.24, 2.45) is 0 Å². The molecule has 0 spiro atoms. The lowest BCUT2D eigenvalue weighted by Gasteiger charge is -2.43. The Morgan fingerprint density at radius 1 is 1.35 bits per heavy atom. The Bertz CT molecular complexity index is 792. The van der Waals surface area contributed by atoms with E-state index in [0.717, 1.165) is 6.07 Å². The number of hydrogen-bond donors (Lipinski definition) is 8. The number of aliphatic hydroxyl groups excluding tert-OH is 4. The maximum Gasteiger partial charge on any atom is 0.369 e. The summed E-state index contributed by atoms with van der Waals surface area (Å²) in [5.74, 6) is -5.63. The quantitative estimate of drug-likeness (QED) is 0.0820. The molecule has 0 aromatic heterocycles. The number of phenols is 1. The number of quaternary nitrogens is 1. The minimum absolute atomic E-state index is 0.178. The molecule has 13 nitrogen and oxygen atoms in total. The molecule has 2 rings (SSSR count). The molecular weight excluding hydrogens is 420 g/mol. The highest BCUT2D eigenvalue weighted by Gasteiger charge is 2.55. The number of aliphatic hydroxyl groups is 5. The second-order valence-electron chi connectivity index (χ2n) is 7.05. The molecule has 10 N–H and O–H groups in total. The van der Waals surface area contributed by atoms with Gasteiger partial charge in [0.25, 0.3) is 5.79 Å². The summed E-state index contributed by atoms with van der Waals surface area (Å²) in [4.78, 5) is 24.3. The normalized spacial score (nSPS) is 27.9. The minimum Gasteiger partial charge on any atom is -0.507 e. The van der Waals surface area contributed by atoms with Crippen molar-refractivity contribution in [3.63, 3.8) is 0 Å². The predicted molar refractivity (Wildman–Crippen MR) is 100 cm³/mol. The molecular formula is C18H27N2O11+. The molecule has 0 bridgehead atoms. The molecule has 1 saturated heterocycles. The summed E-state index contributed by atoms with van der Waals surface area (Å²) in [5, 5.41) is 60.8. The van der Waals surface area contributed by atoms with Crippen LogP contribution >= 0.6 is 0 Å². The number of aromatic hydroxyl groups is 1. The van der Waals surface area contributed by atoms with E-state index in [1.165, 1.54) is 24.5 Å². The highest BCUT2D eigenvalue weighted by molar-refractivity contribution is 5.93. The number of hydrogen-bond acceptors (Lipinski definition) is 12. The molecule has 13 heteroatoms. The monoisotopic (exact) mass is 447 g/mol. The van der Waals surface area contributed by atoms with Crippen LogP contribution in [0.2, 0.25) is 0 Å². The van der Waals surface area contributed by atoms with Crippen LogP contribution in [0.1, 0.15) is 16.8 Å². The second-order valence-corrected chi connectivity index (χ2v) is 7.05. The van der Waals surface area contributed by atoms with Crippen molar-refractivity contribution in [2.45, 2.75) is 42.7 Å². The van der Waals surface area contributed by atoms with Crippen LogP contribution in [0.15, 0.2) is 18.2 Å². The van der Waals surface area contributed by atoms with Crippen molar-refractivity contribution in [1.82, 2.24) is 0 Å². The van der Waals surface area contributed by atoms with Crippen LogP contribution in [-0.2, 0) is 19.0 Å². The first-order valence-corrected chi connectivity index (χ1v) is 9.31. The molecule has 31 heavy (non-hydrogen) atoms. The van der Waals surface area contributed by atoms with Gasteiger partial charge in [-0.05, 0) is 18.2 Å². The predicted octanol–water partition coefficient (Wildman–Crippen LogP) is -4.25. The van der Waals surface area contributed by atoms with Crippen molar-refractivity contribution in [3.8, 4) is 5.75 Å². The molecule has 4 unspecified atom stereocenters. The number of phenolic OH excluding ortho intramolecular Hbond substituents is 1. The minimum atomic E-state index is -2.73. The molecule has 0 radical (unpaired) electrons. The number of carbonyl (C=O) groups is 2. The highest BCUT2D eigenvalue weighted by atomic mass is 16.7. The number of nitrogen functional groups attached to an aromatic ring is 1. The number of ether oxygens (including phenoxy) is 3. The van der Waals surface area contributed by atoms with E-state index in [2.05, 4.69) is 0 Å². The topological polar surface area (TPSA) is 226 Å². The number of nitrogens with two attached hydrogens (primary N) is 2. The zero-order valence-electron chi connectivity index (χ0n) is 16.6. The Balaban J connectivity index is 2.04. The number of carbonyl (C=O) groups excluding carboxylic acids is 2. The molecule has 1 aliphatic rings. The Morgan fingerprint density at radius 2 is 2.03 bits per heavy atom. The summed E-state index contributed by atoms with van der Waals surface area (Å²) in [6, 6.07) is 2.79. The van der Waals surface area contributed by atoms with Gasteiger partial charge in [0.1, 0.15) is 41.8 Å². The number of rotatable bonds is 8. The lowest BCUT2D eigenvalue weighted by atomic mass is 9.89. The van der Waals surface area contributed by atoms with Crippen LogP contribution in [0.5, 0.6) is 5.75 Å². The van der Waals surface area contributed by atoms with E-state index >= 15 is 0 Å². The third-order valence-corrected chi connectivity index (χ3v) is 4.88. The van der Waals surface area contributed by atoms with Crippen LogP contribution in [-0.4, -0.2) is 99.3 Å². The van der Waals surface area contributed by atoms with E-state index in [-0.39, 0.29) is 11.3 Å². The van der Waals surface area contributed by atoms with E-state index in [9.17, 15) is 35.1 Å². The molecule has 1 aliphatic heterocycles. The van der Waals surface area contributed by atoms with E-state index in [1.807, 2.05) is 0 Å². The fraction of sp³-hybridized carbons (Fsp3) is 0.556. The first-order chi connectivity index (χ1) is 14.5. The van der Waals surface area contributed by atoms with Gasteiger partial charge in [-0.1, -0.05) is 0 Å². The van der Waals surface area contributed by atoms with Crippen LogP contribution in [0.3, 0.4) is 0 Å². The van der Waals surface area contributed by atoms with E-state index in [4.69, 9.17) is 25.1 Å². The highest BCUT2D eigenvalue weighted by Crippen LogP contribution is 2.30. The Kier molecular flexibility index (Phi) is 8.14. The van der Waals surface area contributed by atoms with Gasteiger partial charge in [-0.15, -0.1) is 0 Å². The summed E-state index contributed by atoms with van der Waals surface area (Å²) in [6.45, 7) is -1.80. The summed E-state index contributed by atoms with van der Waals surface area (Å²) in [6.07, 6.45) is -6.87. The van der Waals surface area contributed by atoms with Crippen LogP contribution in [0.4, 0.5) is 5.69 Å². The van der Waals surface area contributed by atoms with Crippen molar-refractivity contribution < 1.29 is 59.8 Å². The fourth-order valence-corrected chi connectivity index (χ4v) is 3.20. The number of anilines is 1. The van der Waals surface area contributed by atoms with Gasteiger partial charge in [0.15, 0.2) is 0 Å². The lowest BCUT2D eigenvalue weighted by molar-refractivity contribution is -0.688. The molecule has 1 heterocycles. The molecule has 1 fully saturated rings. The van der Waals surface area contributed by atoms with Crippen LogP contribution < -0.4 is 11.1 Å². The fourth-order valence-electron chi connectivity index (χ4n) is 3.20. The first-order valence-electron chi connectivity index (χ1n) is 9.31. The van der Waals surface area contributed by atoms with E-state index in [1.54, 1.807) is 0 Å². The first kappa shape index (κ1) is 24.7. The maximum atomic E-state index is 12.3. The van der Waals surface area contributed by atoms with Gasteiger partial charge >= 0.3 is 11.9 Å². The van der Waals surface area contributed by atoms with Gasteiger partial charge < -0.3 is 55.9 Å². The molecule has 174 valence electrons. The zero-order valence-corrected chi connectivity index (χ0v) is 16.6. The van der Waals surface area contributed by atoms with Crippen molar-refractivity contribution in [3.05, 3.63) is 23.8 Å². The lowest BCUT2D eigenvalue weighted by Crippen LogP contribution is -2.94. The van der Waals surface area contributed by atoms with Gasteiger partial charge in [0.2, 0.25) is 6.79 Å². The summed E-state index contributed by atoms with van der Waals surface area (Å²) >= 11 is 0. The van der Waals surface area contributed by atoms with Gasteiger partial charge in [-0.25, -0.2) is 9.59 Å². The Hall–Kier alpha value is -2.52. The van der Waals surface area contributed by atoms with E-state index < -0.39 is 73.8 Å². The Morgan fingerprint density at radius 3 is 2.65 bits per heavy atom. The summed E-state index contributed by atoms with van der Waals surface area (Å²) < 4.78 is 14.7. The Labute approximate surface area is 176 Å². The molecule has 1 aromatic carbocycles. The largest absolute Gasteiger partial charge is 0.507 e. The molecule has 1 aromatic rings. The van der Waals surface area contributed by atoms with Gasteiger partial charge in [0, 0.05) is 12.1 Å². The average Bonchev–Trinajstić information content (AvgIpc) is 2.73. The van der Waals surface area contributed by atoms with Gasteiger partial charge in [-0.3, -0.25) is 0 Å². The smallest absolute Gasteiger partial charge is 0.369 e. The standard InChI is InChI=1S/C18H26N2O11/c1-20-13-11(23)5-18(28,31-15(13)14(25)12(24)6-21)17(27)30-7-29-16(26)9-4-8(19)2-3-10(9)22/h2-4,11-15,20-25,28H,5-7,19H2,1H3/p+1/t11-,12?,13?,14?,15-,18?/m1/s1. The van der Waals surface area contributed by atoms with Gasteiger partial charge in [-0.2, -0.15) is 0 Å². The van der Waals surface area contributed by atoms with Crippen LogP contribution in [0, 0.1) is 0 Å². The third kappa shape index (κ3) is 5.59. The van der Waals surface area contributed by atoms with Crippen molar-refractivity contribution >= 4 is 17.6 Å². The number of benzene rings is 1. The van der Waals surface area contributed by atoms with E-state index in [0.29, 0.717) is 0 Å². The van der Waals surface area contributed by atoms with Gasteiger partial charge in [0.05, 0.1) is 13.7 Å². The second kappa shape index (κ2) is 10.2. The number of esters is 2. The third-order valence-electron chi connectivity index (χ3n) is 4.88. The van der Waals surface area contributed by atoms with Crippen LogP contribution in [0.25, 0.3) is 0 Å². The molecule has 0 saturated carbocycles. The number of likely N-dealkylation sites (N-methyl/N-ethyl adjacent to an activating group) is 1. The molecule has 6 atom stereocenters.